The highest BCUT2D eigenvalue weighted by Gasteiger charge is 2.35. The fourth-order valence-corrected chi connectivity index (χ4v) is 3.02. The molecular formula is C19H21NO3. The second-order valence-corrected chi connectivity index (χ2v) is 6.10. The number of hydrogen-bond donors (Lipinski definition) is 3. The van der Waals surface area contributed by atoms with E-state index in [9.17, 15) is 9.90 Å². The number of benzene rings is 2. The molecule has 2 aromatic carbocycles. The van der Waals surface area contributed by atoms with Crippen molar-refractivity contribution in [1.82, 2.24) is 5.32 Å². The molecule has 1 atom stereocenters. The molecule has 0 bridgehead atoms. The zero-order valence-electron chi connectivity index (χ0n) is 12.9. The molecule has 0 spiro atoms. The van der Waals surface area contributed by atoms with Gasteiger partial charge in [-0.2, -0.15) is 0 Å². The largest absolute Gasteiger partial charge is 0.393 e. The molecular weight excluding hydrogens is 290 g/mol. The fraction of sp³-hybridized carbons (Fsp3) is 0.316. The van der Waals surface area contributed by atoms with E-state index >= 15 is 0 Å². The van der Waals surface area contributed by atoms with Crippen LogP contribution in [0.2, 0.25) is 0 Å². The molecule has 120 valence electrons. The molecule has 23 heavy (non-hydrogen) atoms. The van der Waals surface area contributed by atoms with E-state index < -0.39 is 0 Å². The van der Waals surface area contributed by atoms with E-state index in [-0.39, 0.29) is 30.6 Å². The molecule has 0 aliphatic heterocycles. The minimum atomic E-state index is -0.257. The molecule has 4 heteroatoms. The maximum atomic E-state index is 12.5. The maximum Gasteiger partial charge on any atom is 0.251 e. The van der Waals surface area contributed by atoms with E-state index in [0.717, 1.165) is 11.1 Å². The number of rotatable bonds is 5. The average Bonchev–Trinajstić information content (AvgIpc) is 2.58. The van der Waals surface area contributed by atoms with Crippen LogP contribution in [0.3, 0.4) is 0 Å². The summed E-state index contributed by atoms with van der Waals surface area (Å²) in [4.78, 5) is 12.5. The molecule has 0 heterocycles. The molecule has 1 fully saturated rings. The van der Waals surface area contributed by atoms with E-state index in [0.29, 0.717) is 18.4 Å². The van der Waals surface area contributed by atoms with Gasteiger partial charge in [0.25, 0.3) is 5.91 Å². The van der Waals surface area contributed by atoms with E-state index in [4.69, 9.17) is 5.11 Å². The van der Waals surface area contributed by atoms with Gasteiger partial charge in [0.15, 0.2) is 0 Å². The number of carbonyl (C=O) groups excluding carboxylic acids is 1. The molecule has 4 nitrogen and oxygen atoms in total. The van der Waals surface area contributed by atoms with Gasteiger partial charge in [-0.3, -0.25) is 4.79 Å². The van der Waals surface area contributed by atoms with E-state index in [1.165, 1.54) is 0 Å². The third-order valence-electron chi connectivity index (χ3n) is 4.47. The Morgan fingerprint density at radius 3 is 2.30 bits per heavy atom. The first-order valence-corrected chi connectivity index (χ1v) is 7.91. The first-order valence-electron chi connectivity index (χ1n) is 7.91. The predicted octanol–water partition coefficient (Wildman–Crippen LogP) is 2.42. The van der Waals surface area contributed by atoms with Gasteiger partial charge in [-0.1, -0.05) is 42.5 Å². The van der Waals surface area contributed by atoms with Gasteiger partial charge in [-0.05, 0) is 42.0 Å². The molecule has 1 aliphatic rings. The highest BCUT2D eigenvalue weighted by Crippen LogP contribution is 2.38. The molecule has 3 rings (SSSR count). The van der Waals surface area contributed by atoms with Crippen molar-refractivity contribution in [3.05, 3.63) is 71.3 Å². The van der Waals surface area contributed by atoms with Crippen molar-refractivity contribution in [2.24, 2.45) is 5.92 Å². The molecule has 2 aromatic rings. The third kappa shape index (κ3) is 3.60. The summed E-state index contributed by atoms with van der Waals surface area (Å²) in [5, 5.41) is 21.8. The average molecular weight is 311 g/mol. The Kier molecular flexibility index (Phi) is 4.74. The summed E-state index contributed by atoms with van der Waals surface area (Å²) in [6.07, 6.45) is 1.17. The summed E-state index contributed by atoms with van der Waals surface area (Å²) in [5.74, 6) is 0.123. The number of carbonyl (C=O) groups is 1. The van der Waals surface area contributed by atoms with Gasteiger partial charge >= 0.3 is 0 Å². The van der Waals surface area contributed by atoms with Crippen LogP contribution in [0.15, 0.2) is 54.6 Å². The van der Waals surface area contributed by atoms with Crippen LogP contribution < -0.4 is 5.32 Å². The number of aliphatic hydroxyl groups is 2. The summed E-state index contributed by atoms with van der Waals surface area (Å²) in [6.45, 7) is -0.0332. The molecule has 1 aliphatic carbocycles. The first-order chi connectivity index (χ1) is 11.2. The Labute approximate surface area is 135 Å². The van der Waals surface area contributed by atoms with Crippen LogP contribution in [0.25, 0.3) is 0 Å². The van der Waals surface area contributed by atoms with Gasteiger partial charge < -0.3 is 15.5 Å². The Morgan fingerprint density at radius 2 is 1.74 bits per heavy atom. The van der Waals surface area contributed by atoms with Crippen molar-refractivity contribution in [2.75, 3.05) is 0 Å². The molecule has 0 aromatic heterocycles. The van der Waals surface area contributed by atoms with Gasteiger partial charge in [-0.15, -0.1) is 0 Å². The van der Waals surface area contributed by atoms with Crippen LogP contribution in [0.5, 0.6) is 0 Å². The molecule has 1 saturated carbocycles. The molecule has 3 N–H and O–H groups in total. The third-order valence-corrected chi connectivity index (χ3v) is 4.47. The van der Waals surface area contributed by atoms with Crippen LogP contribution in [-0.4, -0.2) is 22.2 Å². The lowest BCUT2D eigenvalue weighted by Crippen LogP contribution is -2.41. The van der Waals surface area contributed by atoms with Crippen molar-refractivity contribution in [3.63, 3.8) is 0 Å². The molecule has 0 unspecified atom stereocenters. The Balaban J connectivity index is 1.76. The monoisotopic (exact) mass is 311 g/mol. The van der Waals surface area contributed by atoms with Crippen LogP contribution in [-0.2, 0) is 6.61 Å². The SMILES string of the molecule is O=C(N[C@@H](c1ccccc1)C1CC(O)C1)c1ccc(CO)cc1. The van der Waals surface area contributed by atoms with Gasteiger partial charge in [-0.25, -0.2) is 0 Å². The van der Waals surface area contributed by atoms with Crippen LogP contribution in [0.4, 0.5) is 0 Å². The first kappa shape index (κ1) is 15.7. The van der Waals surface area contributed by atoms with E-state index in [2.05, 4.69) is 5.32 Å². The molecule has 0 radical (unpaired) electrons. The van der Waals surface area contributed by atoms with Crippen molar-refractivity contribution in [1.29, 1.82) is 0 Å². The van der Waals surface area contributed by atoms with Crippen LogP contribution in [0, 0.1) is 5.92 Å². The van der Waals surface area contributed by atoms with Gasteiger partial charge in [0.1, 0.15) is 0 Å². The summed E-state index contributed by atoms with van der Waals surface area (Å²) in [7, 11) is 0. The Hall–Kier alpha value is -2.17. The Bertz CT molecular complexity index is 648. The fourth-order valence-electron chi connectivity index (χ4n) is 3.02. The van der Waals surface area contributed by atoms with Gasteiger partial charge in [0.05, 0.1) is 18.8 Å². The number of amides is 1. The Morgan fingerprint density at radius 1 is 1.09 bits per heavy atom. The van der Waals surface area contributed by atoms with Gasteiger partial charge in [0.2, 0.25) is 0 Å². The zero-order chi connectivity index (χ0) is 16.2. The lowest BCUT2D eigenvalue weighted by atomic mass is 9.75. The van der Waals surface area contributed by atoms with E-state index in [1.54, 1.807) is 24.3 Å². The van der Waals surface area contributed by atoms with Crippen molar-refractivity contribution >= 4 is 5.91 Å². The summed E-state index contributed by atoms with van der Waals surface area (Å²) < 4.78 is 0. The summed E-state index contributed by atoms with van der Waals surface area (Å²) in [5.41, 5.74) is 2.41. The number of nitrogens with one attached hydrogen (secondary N) is 1. The van der Waals surface area contributed by atoms with Crippen molar-refractivity contribution in [2.45, 2.75) is 31.6 Å². The summed E-state index contributed by atoms with van der Waals surface area (Å²) >= 11 is 0. The number of aliphatic hydroxyl groups excluding tert-OH is 2. The molecule has 0 saturated heterocycles. The van der Waals surface area contributed by atoms with E-state index in [1.807, 2.05) is 30.3 Å². The zero-order valence-corrected chi connectivity index (χ0v) is 12.9. The van der Waals surface area contributed by atoms with Crippen LogP contribution in [0.1, 0.15) is 40.4 Å². The van der Waals surface area contributed by atoms with Crippen LogP contribution >= 0.6 is 0 Å². The normalized spacial score (nSPS) is 21.3. The second-order valence-electron chi connectivity index (χ2n) is 6.10. The topological polar surface area (TPSA) is 69.6 Å². The van der Waals surface area contributed by atoms with Crippen molar-refractivity contribution in [3.8, 4) is 0 Å². The predicted molar refractivity (Wildman–Crippen MR) is 87.7 cm³/mol. The minimum absolute atomic E-state index is 0.0332. The van der Waals surface area contributed by atoms with Crippen molar-refractivity contribution < 1.29 is 15.0 Å². The van der Waals surface area contributed by atoms with Gasteiger partial charge in [0, 0.05) is 5.56 Å². The standard InChI is InChI=1S/C19H21NO3/c21-12-13-6-8-15(9-7-13)19(23)20-18(16-10-17(22)11-16)14-4-2-1-3-5-14/h1-9,16-18,21-22H,10-12H2,(H,20,23)/t16?,17?,18-/m0/s1. The maximum absolute atomic E-state index is 12.5. The minimum Gasteiger partial charge on any atom is -0.393 e. The summed E-state index contributed by atoms with van der Waals surface area (Å²) in [6, 6.07) is 16.7. The lowest BCUT2D eigenvalue weighted by molar-refractivity contribution is 0.0235. The smallest absolute Gasteiger partial charge is 0.251 e. The number of hydrogen-bond acceptors (Lipinski definition) is 3. The highest BCUT2D eigenvalue weighted by molar-refractivity contribution is 5.94. The molecule has 1 amide bonds. The second kappa shape index (κ2) is 6.94. The quantitative estimate of drug-likeness (QED) is 0.794. The lowest BCUT2D eigenvalue weighted by Gasteiger charge is -2.38. The highest BCUT2D eigenvalue weighted by atomic mass is 16.3.